The predicted octanol–water partition coefficient (Wildman–Crippen LogP) is 3.33. The van der Waals surface area contributed by atoms with Crippen LogP contribution >= 0.6 is 0 Å². The van der Waals surface area contributed by atoms with Gasteiger partial charge in [0.25, 0.3) is 5.91 Å². The minimum atomic E-state index is -0.308. The van der Waals surface area contributed by atoms with Gasteiger partial charge >= 0.3 is 0 Å². The van der Waals surface area contributed by atoms with Crippen LogP contribution in [0.5, 0.6) is 0 Å². The van der Waals surface area contributed by atoms with E-state index in [4.69, 9.17) is 0 Å². The fourth-order valence-electron chi connectivity index (χ4n) is 3.48. The van der Waals surface area contributed by atoms with Gasteiger partial charge in [0.2, 0.25) is 11.8 Å². The van der Waals surface area contributed by atoms with Crippen molar-refractivity contribution in [3.05, 3.63) is 65.2 Å². The SMILES string of the molecule is CC(C)c1ccc(CN(C)C(=O)CNC(=O)c2ccc(N3CCCC3=O)cc2)cc1. The third-order valence-corrected chi connectivity index (χ3v) is 5.41. The Morgan fingerprint density at radius 3 is 2.30 bits per heavy atom. The largest absolute Gasteiger partial charge is 0.343 e. The molecule has 158 valence electrons. The molecule has 1 aliphatic rings. The van der Waals surface area contributed by atoms with Gasteiger partial charge in [0.1, 0.15) is 0 Å². The Hall–Kier alpha value is -3.15. The van der Waals surface area contributed by atoms with E-state index in [9.17, 15) is 14.4 Å². The average molecular weight is 408 g/mol. The number of carbonyl (C=O) groups is 3. The molecule has 2 aromatic carbocycles. The molecule has 0 aliphatic carbocycles. The van der Waals surface area contributed by atoms with Crippen molar-refractivity contribution >= 4 is 23.4 Å². The van der Waals surface area contributed by atoms with Crippen molar-refractivity contribution < 1.29 is 14.4 Å². The summed E-state index contributed by atoms with van der Waals surface area (Å²) < 4.78 is 0. The number of hydrogen-bond acceptors (Lipinski definition) is 3. The maximum atomic E-state index is 12.4. The lowest BCUT2D eigenvalue weighted by atomic mass is 10.0. The first-order chi connectivity index (χ1) is 14.3. The first kappa shape index (κ1) is 21.6. The van der Waals surface area contributed by atoms with Crippen molar-refractivity contribution in [3.8, 4) is 0 Å². The monoisotopic (exact) mass is 407 g/mol. The molecule has 0 aromatic heterocycles. The van der Waals surface area contributed by atoms with Crippen LogP contribution in [0.15, 0.2) is 48.5 Å². The zero-order valence-electron chi connectivity index (χ0n) is 17.9. The first-order valence-electron chi connectivity index (χ1n) is 10.4. The van der Waals surface area contributed by atoms with Gasteiger partial charge in [0, 0.05) is 37.8 Å². The van der Waals surface area contributed by atoms with E-state index >= 15 is 0 Å². The summed E-state index contributed by atoms with van der Waals surface area (Å²) in [6.45, 7) is 5.43. The van der Waals surface area contributed by atoms with Crippen LogP contribution in [0.25, 0.3) is 0 Å². The quantitative estimate of drug-likeness (QED) is 0.765. The van der Waals surface area contributed by atoms with Gasteiger partial charge < -0.3 is 15.1 Å². The highest BCUT2D eigenvalue weighted by Gasteiger charge is 2.21. The Morgan fingerprint density at radius 2 is 1.73 bits per heavy atom. The van der Waals surface area contributed by atoms with Gasteiger partial charge in [0.15, 0.2) is 0 Å². The number of amides is 3. The highest BCUT2D eigenvalue weighted by Crippen LogP contribution is 2.21. The minimum absolute atomic E-state index is 0.0637. The number of carbonyl (C=O) groups excluding carboxylic acids is 3. The lowest BCUT2D eigenvalue weighted by molar-refractivity contribution is -0.129. The van der Waals surface area contributed by atoms with Crippen LogP contribution < -0.4 is 10.2 Å². The molecule has 1 N–H and O–H groups in total. The van der Waals surface area contributed by atoms with Crippen molar-refractivity contribution in [1.82, 2.24) is 10.2 Å². The summed E-state index contributed by atoms with van der Waals surface area (Å²) >= 11 is 0. The molecule has 1 fully saturated rings. The van der Waals surface area contributed by atoms with Crippen LogP contribution in [0.2, 0.25) is 0 Å². The number of nitrogens with zero attached hydrogens (tertiary/aromatic N) is 2. The van der Waals surface area contributed by atoms with Gasteiger partial charge in [0.05, 0.1) is 6.54 Å². The molecule has 0 atom stereocenters. The lowest BCUT2D eigenvalue weighted by Crippen LogP contribution is -2.37. The number of rotatable bonds is 7. The minimum Gasteiger partial charge on any atom is -0.343 e. The van der Waals surface area contributed by atoms with Crippen LogP contribution in [0.3, 0.4) is 0 Å². The molecule has 2 aromatic rings. The summed E-state index contributed by atoms with van der Waals surface area (Å²) in [7, 11) is 1.73. The topological polar surface area (TPSA) is 69.7 Å². The van der Waals surface area contributed by atoms with Crippen molar-refractivity contribution in [1.29, 1.82) is 0 Å². The third-order valence-electron chi connectivity index (χ3n) is 5.41. The molecule has 6 nitrogen and oxygen atoms in total. The highest BCUT2D eigenvalue weighted by molar-refractivity contribution is 5.98. The second-order valence-electron chi connectivity index (χ2n) is 8.02. The van der Waals surface area contributed by atoms with Gasteiger partial charge in [-0.3, -0.25) is 14.4 Å². The normalized spacial score (nSPS) is 13.6. The number of nitrogens with one attached hydrogen (secondary N) is 1. The van der Waals surface area contributed by atoms with E-state index in [0.29, 0.717) is 31.0 Å². The molecule has 0 spiro atoms. The summed E-state index contributed by atoms with van der Waals surface area (Å²) in [6, 6.07) is 15.1. The van der Waals surface area contributed by atoms with Crippen molar-refractivity contribution in [3.63, 3.8) is 0 Å². The Bertz CT molecular complexity index is 904. The molecular weight excluding hydrogens is 378 g/mol. The van der Waals surface area contributed by atoms with E-state index in [2.05, 4.69) is 31.3 Å². The number of anilines is 1. The first-order valence-corrected chi connectivity index (χ1v) is 10.4. The van der Waals surface area contributed by atoms with Crippen molar-refractivity contribution in [2.45, 2.75) is 39.2 Å². The maximum Gasteiger partial charge on any atom is 0.251 e. The van der Waals surface area contributed by atoms with E-state index in [-0.39, 0.29) is 24.3 Å². The Labute approximate surface area is 177 Å². The Balaban J connectivity index is 1.49. The fourth-order valence-corrected chi connectivity index (χ4v) is 3.48. The zero-order chi connectivity index (χ0) is 21.7. The number of likely N-dealkylation sites (N-methyl/N-ethyl adjacent to an activating group) is 1. The number of benzene rings is 2. The van der Waals surface area contributed by atoms with Crippen LogP contribution in [-0.4, -0.2) is 42.8 Å². The summed E-state index contributed by atoms with van der Waals surface area (Å²) in [5, 5.41) is 2.68. The molecule has 1 heterocycles. The predicted molar refractivity (Wildman–Crippen MR) is 117 cm³/mol. The summed E-state index contributed by atoms with van der Waals surface area (Å²) in [5.74, 6) is 0.117. The van der Waals surface area contributed by atoms with Crippen LogP contribution in [0, 0.1) is 0 Å². The van der Waals surface area contributed by atoms with Crippen molar-refractivity contribution in [2.24, 2.45) is 0 Å². The van der Waals surface area contributed by atoms with Crippen LogP contribution in [0.4, 0.5) is 5.69 Å². The average Bonchev–Trinajstić information content (AvgIpc) is 3.18. The standard InChI is InChI=1S/C24H29N3O3/c1-17(2)19-8-6-18(7-9-19)16-26(3)23(29)15-25-24(30)20-10-12-21(13-11-20)27-14-4-5-22(27)28/h6-13,17H,4-5,14-16H2,1-3H3,(H,25,30). The van der Waals surface area contributed by atoms with Crippen LogP contribution in [-0.2, 0) is 16.1 Å². The lowest BCUT2D eigenvalue weighted by Gasteiger charge is -2.18. The highest BCUT2D eigenvalue weighted by atomic mass is 16.2. The molecular formula is C24H29N3O3. The molecule has 0 saturated carbocycles. The second-order valence-corrected chi connectivity index (χ2v) is 8.02. The molecule has 0 bridgehead atoms. The molecule has 30 heavy (non-hydrogen) atoms. The molecule has 1 aliphatic heterocycles. The molecule has 6 heteroatoms. The third kappa shape index (κ3) is 5.26. The van der Waals surface area contributed by atoms with Crippen molar-refractivity contribution in [2.75, 3.05) is 25.0 Å². The molecule has 3 amide bonds. The summed E-state index contributed by atoms with van der Waals surface area (Å²) in [4.78, 5) is 39.9. The van der Waals surface area contributed by atoms with E-state index < -0.39 is 0 Å². The molecule has 3 rings (SSSR count). The Kier molecular flexibility index (Phi) is 6.87. The zero-order valence-corrected chi connectivity index (χ0v) is 17.9. The van der Waals surface area contributed by atoms with Gasteiger partial charge in [-0.2, -0.15) is 0 Å². The summed E-state index contributed by atoms with van der Waals surface area (Å²) in [5.41, 5.74) is 3.58. The summed E-state index contributed by atoms with van der Waals surface area (Å²) in [6.07, 6.45) is 1.43. The smallest absolute Gasteiger partial charge is 0.251 e. The van der Waals surface area contributed by atoms with E-state index in [1.807, 2.05) is 12.1 Å². The number of hydrogen-bond donors (Lipinski definition) is 1. The van der Waals surface area contributed by atoms with Gasteiger partial charge in [-0.05, 0) is 47.7 Å². The van der Waals surface area contributed by atoms with Gasteiger partial charge in [-0.25, -0.2) is 0 Å². The molecule has 0 radical (unpaired) electrons. The maximum absolute atomic E-state index is 12.4. The van der Waals surface area contributed by atoms with E-state index in [0.717, 1.165) is 17.7 Å². The van der Waals surface area contributed by atoms with Crippen LogP contribution in [0.1, 0.15) is 54.1 Å². The van der Waals surface area contributed by atoms with Gasteiger partial charge in [-0.15, -0.1) is 0 Å². The van der Waals surface area contributed by atoms with Gasteiger partial charge in [-0.1, -0.05) is 38.1 Å². The van der Waals surface area contributed by atoms with E-state index in [1.165, 1.54) is 5.56 Å². The fraction of sp³-hybridized carbons (Fsp3) is 0.375. The Morgan fingerprint density at radius 1 is 1.07 bits per heavy atom. The second kappa shape index (κ2) is 9.57. The molecule has 1 saturated heterocycles. The van der Waals surface area contributed by atoms with E-state index in [1.54, 1.807) is 41.1 Å². The molecule has 0 unspecified atom stereocenters.